The van der Waals surface area contributed by atoms with Crippen LogP contribution < -0.4 is 10.2 Å². The molecule has 0 aliphatic heterocycles. The van der Waals surface area contributed by atoms with Gasteiger partial charge in [0.05, 0.1) is 17.3 Å². The van der Waals surface area contributed by atoms with Crippen molar-refractivity contribution in [2.75, 3.05) is 32.2 Å². The average molecular weight is 298 g/mol. The number of anilines is 1. The number of methoxy groups -OCH3 is 1. The number of rotatable bonds is 8. The summed E-state index contributed by atoms with van der Waals surface area (Å²) in [7, 11) is 3.64. The van der Waals surface area contributed by atoms with E-state index in [1.165, 1.54) is 12.8 Å². The minimum Gasteiger partial charge on any atom is -0.383 e. The molecule has 1 atom stereocenters. The van der Waals surface area contributed by atoms with Crippen LogP contribution in [0.15, 0.2) is 12.1 Å². The predicted molar refractivity (Wildman–Crippen MR) is 83.4 cm³/mol. The first-order chi connectivity index (χ1) is 9.67. The molecule has 4 nitrogen and oxygen atoms in total. The minimum absolute atomic E-state index is 0.501. The van der Waals surface area contributed by atoms with E-state index in [0.29, 0.717) is 24.2 Å². The second kappa shape index (κ2) is 7.25. The van der Waals surface area contributed by atoms with Gasteiger partial charge >= 0.3 is 0 Å². The van der Waals surface area contributed by atoms with Crippen LogP contribution in [0.4, 0.5) is 5.82 Å². The van der Waals surface area contributed by atoms with Gasteiger partial charge in [-0.25, -0.2) is 4.98 Å². The molecule has 0 saturated heterocycles. The molecule has 1 saturated carbocycles. The molecule has 1 aromatic heterocycles. The zero-order valence-electron chi connectivity index (χ0n) is 12.5. The molecule has 0 aromatic carbocycles. The van der Waals surface area contributed by atoms with Gasteiger partial charge < -0.3 is 15.0 Å². The molecule has 1 heterocycles. The summed E-state index contributed by atoms with van der Waals surface area (Å²) in [4.78, 5) is 7.07. The van der Waals surface area contributed by atoms with E-state index in [0.717, 1.165) is 24.0 Å². The van der Waals surface area contributed by atoms with Gasteiger partial charge in [0.1, 0.15) is 5.82 Å². The number of pyridine rings is 1. The maximum atomic E-state index is 6.19. The van der Waals surface area contributed by atoms with Gasteiger partial charge in [-0.15, -0.1) is 0 Å². The second-order valence-corrected chi connectivity index (χ2v) is 5.80. The van der Waals surface area contributed by atoms with Crippen LogP contribution in [0.2, 0.25) is 5.02 Å². The smallest absolute Gasteiger partial charge is 0.129 e. The molecule has 112 valence electrons. The van der Waals surface area contributed by atoms with Crippen molar-refractivity contribution in [3.63, 3.8) is 0 Å². The van der Waals surface area contributed by atoms with E-state index >= 15 is 0 Å². The lowest BCUT2D eigenvalue weighted by atomic mass is 10.1. The summed E-state index contributed by atoms with van der Waals surface area (Å²) in [6, 6.07) is 4.45. The van der Waals surface area contributed by atoms with Gasteiger partial charge in [0.15, 0.2) is 0 Å². The minimum atomic E-state index is 0.501. The normalized spacial score (nSPS) is 16.2. The first kappa shape index (κ1) is 15.5. The SMILES string of the molecule is CNCc1nc(N(CCOC)C(C)C2CC2)ccc1Cl. The van der Waals surface area contributed by atoms with Crippen LogP contribution in [-0.2, 0) is 11.3 Å². The van der Waals surface area contributed by atoms with Gasteiger partial charge in [-0.3, -0.25) is 0 Å². The summed E-state index contributed by atoms with van der Waals surface area (Å²) < 4.78 is 5.24. The van der Waals surface area contributed by atoms with Crippen LogP contribution >= 0.6 is 11.6 Å². The van der Waals surface area contributed by atoms with Crippen molar-refractivity contribution >= 4 is 17.4 Å². The van der Waals surface area contributed by atoms with Crippen molar-refractivity contribution in [1.82, 2.24) is 10.3 Å². The van der Waals surface area contributed by atoms with E-state index in [1.807, 2.05) is 19.2 Å². The molecular formula is C15H24ClN3O. The fourth-order valence-electron chi connectivity index (χ4n) is 2.47. The van der Waals surface area contributed by atoms with Crippen LogP contribution in [0.3, 0.4) is 0 Å². The first-order valence-electron chi connectivity index (χ1n) is 7.23. The van der Waals surface area contributed by atoms with E-state index in [-0.39, 0.29) is 0 Å². The summed E-state index contributed by atoms with van der Waals surface area (Å²) in [6.07, 6.45) is 2.64. The Balaban J connectivity index is 2.20. The second-order valence-electron chi connectivity index (χ2n) is 5.39. The molecule has 0 amide bonds. The molecule has 1 aromatic rings. The molecule has 1 aliphatic carbocycles. The molecule has 1 fully saturated rings. The molecule has 1 N–H and O–H groups in total. The third-order valence-corrected chi connectivity index (χ3v) is 4.22. The third-order valence-electron chi connectivity index (χ3n) is 3.87. The van der Waals surface area contributed by atoms with Gasteiger partial charge in [-0.2, -0.15) is 0 Å². The summed E-state index contributed by atoms with van der Waals surface area (Å²) in [5.74, 6) is 1.79. The van der Waals surface area contributed by atoms with Crippen molar-refractivity contribution in [3.05, 3.63) is 22.8 Å². The van der Waals surface area contributed by atoms with Crippen LogP contribution in [-0.4, -0.2) is 38.3 Å². The Morgan fingerprint density at radius 2 is 2.25 bits per heavy atom. The fourth-order valence-corrected chi connectivity index (χ4v) is 2.65. The molecule has 1 unspecified atom stereocenters. The highest BCUT2D eigenvalue weighted by molar-refractivity contribution is 6.31. The third kappa shape index (κ3) is 3.84. The van der Waals surface area contributed by atoms with Gasteiger partial charge in [0.2, 0.25) is 0 Å². The van der Waals surface area contributed by atoms with Gasteiger partial charge in [-0.1, -0.05) is 11.6 Å². The van der Waals surface area contributed by atoms with Crippen LogP contribution in [0.1, 0.15) is 25.5 Å². The van der Waals surface area contributed by atoms with E-state index < -0.39 is 0 Å². The Morgan fingerprint density at radius 3 is 2.85 bits per heavy atom. The lowest BCUT2D eigenvalue weighted by Crippen LogP contribution is -2.38. The van der Waals surface area contributed by atoms with Crippen LogP contribution in [0.25, 0.3) is 0 Å². The lowest BCUT2D eigenvalue weighted by Gasteiger charge is -2.30. The maximum absolute atomic E-state index is 6.19. The molecule has 0 spiro atoms. The largest absolute Gasteiger partial charge is 0.383 e. The Bertz CT molecular complexity index is 437. The zero-order chi connectivity index (χ0) is 14.5. The molecule has 5 heteroatoms. The molecule has 1 aliphatic rings. The highest BCUT2D eigenvalue weighted by atomic mass is 35.5. The number of halogens is 1. The van der Waals surface area contributed by atoms with E-state index in [2.05, 4.69) is 17.1 Å². The number of ether oxygens (including phenoxy) is 1. The predicted octanol–water partition coefficient (Wildman–Crippen LogP) is 2.71. The van der Waals surface area contributed by atoms with Crippen molar-refractivity contribution in [1.29, 1.82) is 0 Å². The van der Waals surface area contributed by atoms with E-state index in [4.69, 9.17) is 21.3 Å². The fraction of sp³-hybridized carbons (Fsp3) is 0.667. The molecule has 0 bridgehead atoms. The Morgan fingerprint density at radius 1 is 1.50 bits per heavy atom. The quantitative estimate of drug-likeness (QED) is 0.800. The van der Waals surface area contributed by atoms with Crippen molar-refractivity contribution < 1.29 is 4.74 Å². The van der Waals surface area contributed by atoms with E-state index in [9.17, 15) is 0 Å². The number of nitrogens with zero attached hydrogens (tertiary/aromatic N) is 2. The van der Waals surface area contributed by atoms with Crippen molar-refractivity contribution in [3.8, 4) is 0 Å². The highest BCUT2D eigenvalue weighted by Crippen LogP contribution is 2.36. The number of aromatic nitrogens is 1. The standard InChI is InChI=1S/C15H24ClN3O/c1-11(12-4-5-12)19(8-9-20-3)15-7-6-13(16)14(18-15)10-17-2/h6-7,11-12,17H,4-5,8-10H2,1-3H3. The summed E-state index contributed by atoms with van der Waals surface area (Å²) in [6.45, 7) is 4.54. The zero-order valence-corrected chi connectivity index (χ0v) is 13.3. The van der Waals surface area contributed by atoms with Crippen LogP contribution in [0, 0.1) is 5.92 Å². The molecule has 0 radical (unpaired) electrons. The topological polar surface area (TPSA) is 37.4 Å². The average Bonchev–Trinajstić information content (AvgIpc) is 3.27. The lowest BCUT2D eigenvalue weighted by molar-refractivity contribution is 0.202. The molecular weight excluding hydrogens is 274 g/mol. The van der Waals surface area contributed by atoms with E-state index in [1.54, 1.807) is 7.11 Å². The van der Waals surface area contributed by atoms with Crippen molar-refractivity contribution in [2.24, 2.45) is 5.92 Å². The highest BCUT2D eigenvalue weighted by Gasteiger charge is 2.32. The van der Waals surface area contributed by atoms with Gasteiger partial charge in [0, 0.05) is 26.2 Å². The van der Waals surface area contributed by atoms with Crippen LogP contribution in [0.5, 0.6) is 0 Å². The molecule has 20 heavy (non-hydrogen) atoms. The Kier molecular flexibility index (Phi) is 5.64. The maximum Gasteiger partial charge on any atom is 0.129 e. The number of nitrogens with one attached hydrogen (secondary N) is 1. The summed E-state index contributed by atoms with van der Waals surface area (Å²) in [5.41, 5.74) is 0.900. The monoisotopic (exact) mass is 297 g/mol. The summed E-state index contributed by atoms with van der Waals surface area (Å²) in [5, 5.41) is 3.82. The van der Waals surface area contributed by atoms with Gasteiger partial charge in [-0.05, 0) is 44.9 Å². The molecule has 2 rings (SSSR count). The summed E-state index contributed by atoms with van der Waals surface area (Å²) >= 11 is 6.19. The Labute approximate surface area is 126 Å². The number of hydrogen-bond donors (Lipinski definition) is 1. The van der Waals surface area contributed by atoms with Gasteiger partial charge in [0.25, 0.3) is 0 Å². The van der Waals surface area contributed by atoms with Crippen molar-refractivity contribution in [2.45, 2.75) is 32.4 Å². The number of hydrogen-bond acceptors (Lipinski definition) is 4. The Hall–Kier alpha value is -0.840. The first-order valence-corrected chi connectivity index (χ1v) is 7.60.